The van der Waals surface area contributed by atoms with E-state index in [2.05, 4.69) is 12.1 Å². The van der Waals surface area contributed by atoms with Gasteiger partial charge in [-0.15, -0.1) is 0 Å². The minimum atomic E-state index is -0.535. The number of amides is 1. The second-order valence-corrected chi connectivity index (χ2v) is 5.93. The number of carbonyl (C=O) groups is 1. The molecule has 1 amide bonds. The van der Waals surface area contributed by atoms with Gasteiger partial charge in [-0.25, -0.2) is 4.39 Å². The fourth-order valence-electron chi connectivity index (χ4n) is 3.22. The van der Waals surface area contributed by atoms with Crippen LogP contribution in [0.3, 0.4) is 0 Å². The number of oxime groups is 1. The first kappa shape index (κ1) is 15.0. The predicted octanol–water partition coefficient (Wildman–Crippen LogP) is 3.11. The van der Waals surface area contributed by atoms with E-state index in [0.717, 1.165) is 31.4 Å². The van der Waals surface area contributed by atoms with Gasteiger partial charge in [0.1, 0.15) is 5.82 Å². The Labute approximate surface area is 129 Å². The van der Waals surface area contributed by atoms with Gasteiger partial charge in [-0.3, -0.25) is 4.79 Å². The highest BCUT2D eigenvalue weighted by molar-refractivity contribution is 6.04. The van der Waals surface area contributed by atoms with Crippen molar-refractivity contribution in [3.8, 4) is 0 Å². The zero-order valence-corrected chi connectivity index (χ0v) is 12.8. The van der Waals surface area contributed by atoms with E-state index in [4.69, 9.17) is 4.84 Å². The molecule has 3 rings (SSSR count). The maximum absolute atomic E-state index is 13.0. The Morgan fingerprint density at radius 2 is 2.14 bits per heavy atom. The van der Waals surface area contributed by atoms with Crippen LogP contribution in [0.4, 0.5) is 4.39 Å². The van der Waals surface area contributed by atoms with Crippen molar-refractivity contribution in [2.75, 3.05) is 6.54 Å². The lowest BCUT2D eigenvalue weighted by molar-refractivity contribution is -0.146. The summed E-state index contributed by atoms with van der Waals surface area (Å²) in [6, 6.07) is 6.44. The number of hydrogen-bond donors (Lipinski definition) is 0. The number of halogens is 1. The van der Waals surface area contributed by atoms with Gasteiger partial charge in [0.15, 0.2) is 0 Å². The van der Waals surface area contributed by atoms with Crippen LogP contribution in [0, 0.1) is 5.82 Å². The third kappa shape index (κ3) is 2.98. The van der Waals surface area contributed by atoms with E-state index in [9.17, 15) is 9.18 Å². The lowest BCUT2D eigenvalue weighted by Crippen LogP contribution is -2.48. The van der Waals surface area contributed by atoms with E-state index in [1.807, 2.05) is 4.90 Å². The summed E-state index contributed by atoms with van der Waals surface area (Å²) in [5, 5.41) is 4.03. The molecule has 1 fully saturated rings. The standard InChI is InChI=1S/C17H21FN2O2/c1-2-14-5-3-4-10-20(14)17(21)16-11-15(19-22-16)12-6-8-13(18)9-7-12/h6-9,14,16H,2-5,10-11H2,1H3. The zero-order valence-electron chi connectivity index (χ0n) is 12.8. The fourth-order valence-corrected chi connectivity index (χ4v) is 3.22. The molecular formula is C17H21FN2O2. The summed E-state index contributed by atoms with van der Waals surface area (Å²) >= 11 is 0. The van der Waals surface area contributed by atoms with E-state index in [-0.39, 0.29) is 11.7 Å². The number of piperidine rings is 1. The molecular weight excluding hydrogens is 283 g/mol. The van der Waals surface area contributed by atoms with Gasteiger partial charge < -0.3 is 9.74 Å². The molecule has 4 nitrogen and oxygen atoms in total. The lowest BCUT2D eigenvalue weighted by atomic mass is 9.98. The van der Waals surface area contributed by atoms with E-state index < -0.39 is 6.10 Å². The minimum absolute atomic E-state index is 0.0346. The third-order valence-electron chi connectivity index (χ3n) is 4.50. The maximum atomic E-state index is 13.0. The number of rotatable bonds is 3. The van der Waals surface area contributed by atoms with Crippen LogP contribution in [-0.4, -0.2) is 35.2 Å². The van der Waals surface area contributed by atoms with Crippen LogP contribution in [0.5, 0.6) is 0 Å². The molecule has 1 aromatic carbocycles. The Balaban J connectivity index is 1.65. The van der Waals surface area contributed by atoms with Crippen LogP contribution in [0.2, 0.25) is 0 Å². The normalized spacial score (nSPS) is 24.8. The molecule has 0 aromatic heterocycles. The summed E-state index contributed by atoms with van der Waals surface area (Å²) in [7, 11) is 0. The molecule has 2 unspecified atom stereocenters. The predicted molar refractivity (Wildman–Crippen MR) is 82.1 cm³/mol. The largest absolute Gasteiger partial charge is 0.382 e. The van der Waals surface area contributed by atoms with Crippen LogP contribution < -0.4 is 0 Å². The molecule has 22 heavy (non-hydrogen) atoms. The van der Waals surface area contributed by atoms with Crippen molar-refractivity contribution in [3.05, 3.63) is 35.6 Å². The van der Waals surface area contributed by atoms with Crippen LogP contribution in [0.25, 0.3) is 0 Å². The number of benzene rings is 1. The van der Waals surface area contributed by atoms with E-state index in [0.29, 0.717) is 18.2 Å². The van der Waals surface area contributed by atoms with Gasteiger partial charge in [0.25, 0.3) is 5.91 Å². The van der Waals surface area contributed by atoms with Crippen molar-refractivity contribution >= 4 is 11.6 Å². The third-order valence-corrected chi connectivity index (χ3v) is 4.50. The first-order chi connectivity index (χ1) is 10.7. The second-order valence-electron chi connectivity index (χ2n) is 5.93. The molecule has 118 valence electrons. The van der Waals surface area contributed by atoms with Crippen LogP contribution >= 0.6 is 0 Å². The molecule has 0 aliphatic carbocycles. The van der Waals surface area contributed by atoms with Crippen LogP contribution in [0.15, 0.2) is 29.4 Å². The Morgan fingerprint density at radius 1 is 1.36 bits per heavy atom. The van der Waals surface area contributed by atoms with Crippen molar-refractivity contribution in [1.29, 1.82) is 0 Å². The van der Waals surface area contributed by atoms with E-state index >= 15 is 0 Å². The SMILES string of the molecule is CCC1CCCCN1C(=O)C1CC(c2ccc(F)cc2)=NO1. The highest BCUT2D eigenvalue weighted by atomic mass is 19.1. The minimum Gasteiger partial charge on any atom is -0.382 e. The Hall–Kier alpha value is -1.91. The molecule has 0 bridgehead atoms. The maximum Gasteiger partial charge on any atom is 0.267 e. The first-order valence-electron chi connectivity index (χ1n) is 7.98. The summed E-state index contributed by atoms with van der Waals surface area (Å²) in [6.07, 6.45) is 4.21. The summed E-state index contributed by atoms with van der Waals surface area (Å²) in [5.41, 5.74) is 1.52. The van der Waals surface area contributed by atoms with Crippen molar-refractivity contribution in [2.24, 2.45) is 5.16 Å². The number of likely N-dealkylation sites (tertiary alicyclic amines) is 1. The molecule has 1 saturated heterocycles. The molecule has 2 aliphatic rings. The second kappa shape index (κ2) is 6.46. The quantitative estimate of drug-likeness (QED) is 0.861. The highest BCUT2D eigenvalue weighted by Gasteiger charge is 2.35. The van der Waals surface area contributed by atoms with Crippen molar-refractivity contribution in [3.63, 3.8) is 0 Å². The smallest absolute Gasteiger partial charge is 0.267 e. The van der Waals surface area contributed by atoms with E-state index in [1.165, 1.54) is 18.6 Å². The topological polar surface area (TPSA) is 41.9 Å². The average Bonchev–Trinajstić information content (AvgIpc) is 3.05. The molecule has 0 radical (unpaired) electrons. The molecule has 5 heteroatoms. The average molecular weight is 304 g/mol. The van der Waals surface area contributed by atoms with Crippen LogP contribution in [0.1, 0.15) is 44.6 Å². The molecule has 0 spiro atoms. The van der Waals surface area contributed by atoms with Crippen molar-refractivity contribution in [1.82, 2.24) is 4.90 Å². The number of hydrogen-bond acceptors (Lipinski definition) is 3. The van der Waals surface area contributed by atoms with Crippen molar-refractivity contribution in [2.45, 2.75) is 51.2 Å². The van der Waals surface area contributed by atoms with Gasteiger partial charge in [-0.1, -0.05) is 24.2 Å². The van der Waals surface area contributed by atoms with Gasteiger partial charge in [-0.05, 0) is 43.4 Å². The molecule has 2 aliphatic heterocycles. The summed E-state index contributed by atoms with van der Waals surface area (Å²) < 4.78 is 13.0. The summed E-state index contributed by atoms with van der Waals surface area (Å²) in [6.45, 7) is 2.93. The van der Waals surface area contributed by atoms with Gasteiger partial charge in [0.2, 0.25) is 6.10 Å². The van der Waals surface area contributed by atoms with Crippen molar-refractivity contribution < 1.29 is 14.0 Å². The number of carbonyl (C=O) groups excluding carboxylic acids is 1. The molecule has 0 N–H and O–H groups in total. The van der Waals surface area contributed by atoms with E-state index in [1.54, 1.807) is 12.1 Å². The Bertz CT molecular complexity index is 571. The van der Waals surface area contributed by atoms with Gasteiger partial charge in [-0.2, -0.15) is 0 Å². The van der Waals surface area contributed by atoms with Gasteiger partial charge in [0.05, 0.1) is 5.71 Å². The number of nitrogens with zero attached hydrogens (tertiary/aromatic N) is 2. The Kier molecular flexibility index (Phi) is 4.41. The van der Waals surface area contributed by atoms with Gasteiger partial charge in [0, 0.05) is 19.0 Å². The Morgan fingerprint density at radius 3 is 2.86 bits per heavy atom. The zero-order chi connectivity index (χ0) is 15.5. The monoisotopic (exact) mass is 304 g/mol. The molecule has 2 atom stereocenters. The highest BCUT2D eigenvalue weighted by Crippen LogP contribution is 2.24. The first-order valence-corrected chi connectivity index (χ1v) is 7.98. The molecule has 0 saturated carbocycles. The molecule has 1 aromatic rings. The lowest BCUT2D eigenvalue weighted by Gasteiger charge is -2.36. The summed E-state index contributed by atoms with van der Waals surface area (Å²) in [4.78, 5) is 20.0. The van der Waals surface area contributed by atoms with Crippen LogP contribution in [-0.2, 0) is 9.63 Å². The summed E-state index contributed by atoms with van der Waals surface area (Å²) in [5.74, 6) is -0.248. The molecule has 2 heterocycles. The van der Waals surface area contributed by atoms with Gasteiger partial charge >= 0.3 is 0 Å². The fraction of sp³-hybridized carbons (Fsp3) is 0.529.